The van der Waals surface area contributed by atoms with E-state index in [9.17, 15) is 14.7 Å². The highest BCUT2D eigenvalue weighted by Gasteiger charge is 2.60. The highest BCUT2D eigenvalue weighted by Crippen LogP contribution is 2.56. The molecule has 0 aromatic heterocycles. The Morgan fingerprint density at radius 3 is 2.79 bits per heavy atom. The lowest BCUT2D eigenvalue weighted by Gasteiger charge is -2.52. The van der Waals surface area contributed by atoms with Gasteiger partial charge in [0.1, 0.15) is 5.76 Å². The van der Waals surface area contributed by atoms with Crippen LogP contribution in [0.5, 0.6) is 0 Å². The number of fused-ring (bicyclic) bond motifs is 2. The maximum atomic E-state index is 12.2. The Morgan fingerprint density at radius 2 is 2.11 bits per heavy atom. The van der Waals surface area contributed by atoms with Gasteiger partial charge in [0.2, 0.25) is 0 Å². The summed E-state index contributed by atoms with van der Waals surface area (Å²) in [6.07, 6.45) is 3.14. The number of esters is 1. The molecule has 0 saturated heterocycles. The molecular weight excluding hydrogens is 244 g/mol. The minimum Gasteiger partial charge on any atom is -0.423 e. The van der Waals surface area contributed by atoms with Crippen molar-refractivity contribution in [2.45, 2.75) is 45.6 Å². The van der Waals surface area contributed by atoms with Gasteiger partial charge in [0.25, 0.3) is 0 Å². The number of carbonyl (C=O) groups excluding carboxylic acids is 2. The molecule has 4 heteroatoms. The van der Waals surface area contributed by atoms with Gasteiger partial charge in [-0.25, -0.2) is 4.79 Å². The molecule has 19 heavy (non-hydrogen) atoms. The van der Waals surface area contributed by atoms with Crippen LogP contribution in [0.15, 0.2) is 23.0 Å². The van der Waals surface area contributed by atoms with Crippen LogP contribution < -0.4 is 0 Å². The van der Waals surface area contributed by atoms with Crippen LogP contribution in [0.25, 0.3) is 0 Å². The van der Waals surface area contributed by atoms with Crippen molar-refractivity contribution in [3.05, 3.63) is 23.0 Å². The summed E-state index contributed by atoms with van der Waals surface area (Å²) in [5, 5.41) is 10.9. The predicted molar refractivity (Wildman–Crippen MR) is 68.0 cm³/mol. The Kier molecular flexibility index (Phi) is 2.37. The standard InChI is InChI=1S/C15H18O4/c1-8-4-5-12(16)15(18)7-11-10(6-14(8,15)3)9(2)13(17)19-11/h7-8,18H,4-6H2,1-3H3/t8-,14+,15-/m0/s1. The molecule has 3 aliphatic rings. The third-order valence-corrected chi connectivity index (χ3v) is 5.33. The van der Waals surface area contributed by atoms with E-state index in [1.54, 1.807) is 6.92 Å². The molecule has 102 valence electrons. The van der Waals surface area contributed by atoms with Crippen LogP contribution >= 0.6 is 0 Å². The number of aliphatic hydroxyl groups is 1. The molecule has 3 rings (SSSR count). The topological polar surface area (TPSA) is 63.6 Å². The number of hydrogen-bond acceptors (Lipinski definition) is 4. The molecule has 1 heterocycles. The highest BCUT2D eigenvalue weighted by atomic mass is 16.5. The van der Waals surface area contributed by atoms with Crippen LogP contribution in [0.2, 0.25) is 0 Å². The molecule has 0 radical (unpaired) electrons. The molecule has 0 aromatic carbocycles. The van der Waals surface area contributed by atoms with Gasteiger partial charge < -0.3 is 9.84 Å². The average Bonchev–Trinajstić information content (AvgIpc) is 2.61. The van der Waals surface area contributed by atoms with E-state index in [-0.39, 0.29) is 17.7 Å². The first-order valence-electron chi connectivity index (χ1n) is 6.70. The fraction of sp³-hybridized carbons (Fsp3) is 0.600. The Bertz CT molecular complexity index is 556. The van der Waals surface area contributed by atoms with Crippen LogP contribution in [0.1, 0.15) is 40.0 Å². The smallest absolute Gasteiger partial charge is 0.339 e. The molecule has 1 fully saturated rings. The quantitative estimate of drug-likeness (QED) is 0.677. The first kappa shape index (κ1) is 12.6. The van der Waals surface area contributed by atoms with E-state index in [0.717, 1.165) is 12.0 Å². The van der Waals surface area contributed by atoms with Gasteiger partial charge in [-0.05, 0) is 31.8 Å². The van der Waals surface area contributed by atoms with Crippen molar-refractivity contribution >= 4 is 11.8 Å². The van der Waals surface area contributed by atoms with Crippen molar-refractivity contribution in [2.24, 2.45) is 11.3 Å². The van der Waals surface area contributed by atoms with E-state index in [4.69, 9.17) is 4.74 Å². The lowest BCUT2D eigenvalue weighted by atomic mass is 9.53. The molecule has 4 nitrogen and oxygen atoms in total. The second kappa shape index (κ2) is 3.57. The average molecular weight is 262 g/mol. The van der Waals surface area contributed by atoms with Gasteiger partial charge in [-0.15, -0.1) is 0 Å². The Morgan fingerprint density at radius 1 is 1.42 bits per heavy atom. The molecule has 2 aliphatic carbocycles. The number of hydrogen-bond donors (Lipinski definition) is 1. The zero-order chi connectivity index (χ0) is 14.0. The molecular formula is C15H18O4. The van der Waals surface area contributed by atoms with Crippen molar-refractivity contribution in [1.29, 1.82) is 0 Å². The minimum absolute atomic E-state index is 0.166. The van der Waals surface area contributed by atoms with Gasteiger partial charge in [0, 0.05) is 23.0 Å². The summed E-state index contributed by atoms with van der Waals surface area (Å²) in [6, 6.07) is 0. The van der Waals surface area contributed by atoms with Gasteiger partial charge in [-0.3, -0.25) is 4.79 Å². The molecule has 1 N–H and O–H groups in total. The number of Topliss-reactive ketones (excluding diaryl/α,β-unsaturated/α-hetero) is 1. The van der Waals surface area contributed by atoms with Crippen LogP contribution in [0, 0.1) is 11.3 Å². The lowest BCUT2D eigenvalue weighted by Crippen LogP contribution is -2.59. The Hall–Kier alpha value is -1.42. The molecule has 0 aromatic rings. The monoisotopic (exact) mass is 262 g/mol. The fourth-order valence-electron chi connectivity index (χ4n) is 3.54. The molecule has 0 spiro atoms. The van der Waals surface area contributed by atoms with Gasteiger partial charge in [-0.2, -0.15) is 0 Å². The minimum atomic E-state index is -1.51. The maximum Gasteiger partial charge on any atom is 0.339 e. The van der Waals surface area contributed by atoms with Crippen molar-refractivity contribution in [2.75, 3.05) is 0 Å². The summed E-state index contributed by atoms with van der Waals surface area (Å²) in [4.78, 5) is 23.8. The first-order valence-corrected chi connectivity index (χ1v) is 6.70. The summed E-state index contributed by atoms with van der Waals surface area (Å²) < 4.78 is 5.16. The van der Waals surface area contributed by atoms with Gasteiger partial charge in [-0.1, -0.05) is 13.8 Å². The normalized spacial score (nSPS) is 41.7. The zero-order valence-electron chi connectivity index (χ0n) is 11.4. The van der Waals surface area contributed by atoms with E-state index in [2.05, 4.69) is 6.92 Å². The van der Waals surface area contributed by atoms with E-state index < -0.39 is 11.0 Å². The number of rotatable bonds is 0. The molecule has 0 bridgehead atoms. The van der Waals surface area contributed by atoms with E-state index in [1.807, 2.05) is 6.92 Å². The predicted octanol–water partition coefficient (Wildman–Crippen LogP) is 1.88. The number of ether oxygens (including phenoxy) is 1. The Labute approximate surface area is 112 Å². The van der Waals surface area contributed by atoms with Crippen LogP contribution in [-0.4, -0.2) is 22.5 Å². The summed E-state index contributed by atoms with van der Waals surface area (Å²) in [7, 11) is 0. The maximum absolute atomic E-state index is 12.2. The number of carbonyl (C=O) groups is 2. The second-order valence-electron chi connectivity index (χ2n) is 6.23. The van der Waals surface area contributed by atoms with E-state index in [1.165, 1.54) is 6.08 Å². The third-order valence-electron chi connectivity index (χ3n) is 5.33. The van der Waals surface area contributed by atoms with Gasteiger partial charge in [0.15, 0.2) is 11.4 Å². The van der Waals surface area contributed by atoms with Crippen LogP contribution in [0.4, 0.5) is 0 Å². The molecule has 1 saturated carbocycles. The lowest BCUT2D eigenvalue weighted by molar-refractivity contribution is -0.158. The second-order valence-corrected chi connectivity index (χ2v) is 6.23. The van der Waals surface area contributed by atoms with Gasteiger partial charge in [0.05, 0.1) is 0 Å². The van der Waals surface area contributed by atoms with Crippen molar-refractivity contribution in [3.63, 3.8) is 0 Å². The highest BCUT2D eigenvalue weighted by molar-refractivity contribution is 5.96. The number of ketones is 1. The van der Waals surface area contributed by atoms with Crippen molar-refractivity contribution in [3.8, 4) is 0 Å². The van der Waals surface area contributed by atoms with Gasteiger partial charge >= 0.3 is 5.97 Å². The van der Waals surface area contributed by atoms with Crippen LogP contribution in [-0.2, 0) is 14.3 Å². The van der Waals surface area contributed by atoms with Crippen molar-refractivity contribution < 1.29 is 19.4 Å². The first-order chi connectivity index (χ1) is 8.79. The van der Waals surface area contributed by atoms with E-state index in [0.29, 0.717) is 24.2 Å². The molecule has 0 unspecified atom stereocenters. The summed E-state index contributed by atoms with van der Waals surface area (Å²) in [5.41, 5.74) is -0.622. The summed E-state index contributed by atoms with van der Waals surface area (Å²) in [6.45, 7) is 5.73. The third kappa shape index (κ3) is 1.38. The summed E-state index contributed by atoms with van der Waals surface area (Å²) in [5.74, 6) is 0.0568. The zero-order valence-corrected chi connectivity index (χ0v) is 11.4. The Balaban J connectivity index is 2.20. The molecule has 0 amide bonds. The van der Waals surface area contributed by atoms with E-state index >= 15 is 0 Å². The number of allylic oxidation sites excluding steroid dienone is 1. The summed E-state index contributed by atoms with van der Waals surface area (Å²) >= 11 is 0. The molecule has 1 aliphatic heterocycles. The SMILES string of the molecule is CC1=C2C[C@]3(C)[C@@H](C)CCC(=O)[C@@]3(O)C=C2OC1=O. The molecule has 3 atom stereocenters. The largest absolute Gasteiger partial charge is 0.423 e. The van der Waals surface area contributed by atoms with Crippen LogP contribution in [0.3, 0.4) is 0 Å². The van der Waals surface area contributed by atoms with Crippen molar-refractivity contribution in [1.82, 2.24) is 0 Å². The fourth-order valence-corrected chi connectivity index (χ4v) is 3.54.